The second-order valence-corrected chi connectivity index (χ2v) is 5.12. The van der Waals surface area contributed by atoms with Crippen LogP contribution in [0, 0.1) is 0 Å². The third kappa shape index (κ3) is 2.22. The molecule has 0 saturated heterocycles. The number of para-hydroxylation sites is 1. The Bertz CT molecular complexity index is 968. The summed E-state index contributed by atoms with van der Waals surface area (Å²) in [5.41, 5.74) is 4.16. The van der Waals surface area contributed by atoms with E-state index in [-0.39, 0.29) is 5.91 Å². The molecule has 4 rings (SSSR count). The number of amides is 1. The van der Waals surface area contributed by atoms with Gasteiger partial charge in [-0.2, -0.15) is 0 Å². The van der Waals surface area contributed by atoms with Crippen molar-refractivity contribution in [1.29, 1.82) is 0 Å². The van der Waals surface area contributed by atoms with E-state index >= 15 is 0 Å². The Morgan fingerprint density at radius 2 is 2.14 bits per heavy atom. The molecule has 0 unspecified atom stereocenters. The van der Waals surface area contributed by atoms with Crippen LogP contribution in [0.15, 0.2) is 59.5 Å². The predicted molar refractivity (Wildman–Crippen MR) is 84.6 cm³/mol. The van der Waals surface area contributed by atoms with Gasteiger partial charge in [0.25, 0.3) is 0 Å². The maximum Gasteiger partial charge on any atom is 0.228 e. The molecule has 0 bridgehead atoms. The van der Waals surface area contributed by atoms with Crippen LogP contribution < -0.4 is 5.32 Å². The fourth-order valence-electron chi connectivity index (χ4n) is 2.59. The number of carbonyl (C=O) groups is 1. The Hall–Kier alpha value is -3.08. The number of aromatic amines is 1. The van der Waals surface area contributed by atoms with Crippen molar-refractivity contribution in [3.8, 4) is 0 Å². The van der Waals surface area contributed by atoms with Crippen LogP contribution in [0.3, 0.4) is 0 Å². The van der Waals surface area contributed by atoms with Crippen molar-refractivity contribution in [1.82, 2.24) is 9.97 Å². The van der Waals surface area contributed by atoms with Gasteiger partial charge in [0.05, 0.1) is 6.42 Å². The zero-order chi connectivity index (χ0) is 14.9. The number of oxazole rings is 1. The highest BCUT2D eigenvalue weighted by Gasteiger charge is 2.09. The number of hydrogen-bond acceptors (Lipinski definition) is 3. The summed E-state index contributed by atoms with van der Waals surface area (Å²) in [6.45, 7) is 0. The molecule has 0 saturated carbocycles. The van der Waals surface area contributed by atoms with Crippen LogP contribution in [0.4, 0.5) is 5.69 Å². The molecule has 108 valence electrons. The molecule has 2 heterocycles. The summed E-state index contributed by atoms with van der Waals surface area (Å²) >= 11 is 0. The molecule has 22 heavy (non-hydrogen) atoms. The van der Waals surface area contributed by atoms with Gasteiger partial charge in [0.1, 0.15) is 5.52 Å². The first-order chi connectivity index (χ1) is 10.8. The van der Waals surface area contributed by atoms with E-state index in [1.165, 1.54) is 6.39 Å². The number of aromatic nitrogens is 2. The number of nitrogens with zero attached hydrogens (tertiary/aromatic N) is 1. The van der Waals surface area contributed by atoms with Crippen LogP contribution in [0.1, 0.15) is 5.56 Å². The third-order valence-corrected chi connectivity index (χ3v) is 3.64. The van der Waals surface area contributed by atoms with E-state index in [0.717, 1.165) is 22.0 Å². The van der Waals surface area contributed by atoms with Crippen molar-refractivity contribution in [2.24, 2.45) is 0 Å². The molecule has 5 heteroatoms. The summed E-state index contributed by atoms with van der Waals surface area (Å²) in [4.78, 5) is 19.5. The van der Waals surface area contributed by atoms with E-state index in [2.05, 4.69) is 15.3 Å². The summed E-state index contributed by atoms with van der Waals surface area (Å²) in [5, 5.41) is 3.97. The van der Waals surface area contributed by atoms with Crippen molar-refractivity contribution in [3.05, 3.63) is 60.6 Å². The van der Waals surface area contributed by atoms with Gasteiger partial charge in [0.15, 0.2) is 12.0 Å². The molecular formula is C17H13N3O2. The molecule has 0 aliphatic rings. The first-order valence-corrected chi connectivity index (χ1v) is 6.98. The number of hydrogen-bond donors (Lipinski definition) is 2. The Balaban J connectivity index is 1.54. The molecule has 5 nitrogen and oxygen atoms in total. The topological polar surface area (TPSA) is 70.9 Å². The van der Waals surface area contributed by atoms with E-state index in [4.69, 9.17) is 4.42 Å². The van der Waals surface area contributed by atoms with Gasteiger partial charge in [0.2, 0.25) is 5.91 Å². The fraction of sp³-hybridized carbons (Fsp3) is 0.0588. The highest BCUT2D eigenvalue weighted by molar-refractivity contribution is 5.96. The summed E-state index contributed by atoms with van der Waals surface area (Å²) in [6.07, 6.45) is 3.59. The first-order valence-electron chi connectivity index (χ1n) is 6.98. The monoisotopic (exact) mass is 291 g/mol. The predicted octanol–water partition coefficient (Wildman–Crippen LogP) is 3.49. The molecule has 4 aromatic rings. The van der Waals surface area contributed by atoms with Crippen molar-refractivity contribution in [3.63, 3.8) is 0 Å². The van der Waals surface area contributed by atoms with E-state index < -0.39 is 0 Å². The van der Waals surface area contributed by atoms with Gasteiger partial charge in [-0.25, -0.2) is 4.98 Å². The molecule has 0 aliphatic carbocycles. The normalized spacial score (nSPS) is 11.1. The number of anilines is 1. The number of H-pyrrole nitrogens is 1. The highest BCUT2D eigenvalue weighted by Crippen LogP contribution is 2.20. The molecule has 0 atom stereocenters. The van der Waals surface area contributed by atoms with Crippen LogP contribution in [0.25, 0.3) is 22.0 Å². The summed E-state index contributed by atoms with van der Waals surface area (Å²) in [7, 11) is 0. The van der Waals surface area contributed by atoms with Crippen molar-refractivity contribution < 1.29 is 9.21 Å². The van der Waals surface area contributed by atoms with Gasteiger partial charge in [-0.1, -0.05) is 18.2 Å². The van der Waals surface area contributed by atoms with Gasteiger partial charge < -0.3 is 14.7 Å². The van der Waals surface area contributed by atoms with Crippen molar-refractivity contribution >= 4 is 33.6 Å². The summed E-state index contributed by atoms with van der Waals surface area (Å²) in [6, 6.07) is 13.3. The third-order valence-electron chi connectivity index (χ3n) is 3.64. The molecule has 2 aromatic carbocycles. The van der Waals surface area contributed by atoms with Gasteiger partial charge in [0, 0.05) is 22.8 Å². The number of nitrogens with one attached hydrogen (secondary N) is 2. The first kappa shape index (κ1) is 12.6. The largest absolute Gasteiger partial charge is 0.443 e. The van der Waals surface area contributed by atoms with E-state index in [0.29, 0.717) is 17.7 Å². The van der Waals surface area contributed by atoms with Gasteiger partial charge >= 0.3 is 0 Å². The Labute approximate surface area is 126 Å². The van der Waals surface area contributed by atoms with Gasteiger partial charge in [-0.15, -0.1) is 0 Å². The van der Waals surface area contributed by atoms with E-state index in [1.54, 1.807) is 18.2 Å². The average Bonchev–Trinajstić information content (AvgIpc) is 3.14. The maximum atomic E-state index is 12.2. The Morgan fingerprint density at radius 1 is 1.23 bits per heavy atom. The molecule has 0 fully saturated rings. The van der Waals surface area contributed by atoms with Gasteiger partial charge in [-0.05, 0) is 29.8 Å². The lowest BCUT2D eigenvalue weighted by Crippen LogP contribution is -2.14. The number of fused-ring (bicyclic) bond motifs is 2. The minimum atomic E-state index is -0.0624. The number of carbonyl (C=O) groups excluding carboxylic acids is 1. The average molecular weight is 291 g/mol. The van der Waals surface area contributed by atoms with Crippen molar-refractivity contribution in [2.45, 2.75) is 6.42 Å². The highest BCUT2D eigenvalue weighted by atomic mass is 16.3. The van der Waals surface area contributed by atoms with Crippen LogP contribution in [-0.2, 0) is 11.2 Å². The number of benzene rings is 2. The molecule has 2 aromatic heterocycles. The maximum absolute atomic E-state index is 12.2. The van der Waals surface area contributed by atoms with Gasteiger partial charge in [-0.3, -0.25) is 4.79 Å². The van der Waals surface area contributed by atoms with Crippen LogP contribution >= 0.6 is 0 Å². The second-order valence-electron chi connectivity index (χ2n) is 5.12. The summed E-state index contributed by atoms with van der Waals surface area (Å²) < 4.78 is 5.18. The zero-order valence-corrected chi connectivity index (χ0v) is 11.7. The molecule has 2 N–H and O–H groups in total. The van der Waals surface area contributed by atoms with Crippen LogP contribution in [0.2, 0.25) is 0 Å². The molecule has 0 spiro atoms. The smallest absolute Gasteiger partial charge is 0.228 e. The van der Waals surface area contributed by atoms with Crippen LogP contribution in [0.5, 0.6) is 0 Å². The van der Waals surface area contributed by atoms with E-state index in [9.17, 15) is 4.79 Å². The van der Waals surface area contributed by atoms with Crippen LogP contribution in [-0.4, -0.2) is 15.9 Å². The lowest BCUT2D eigenvalue weighted by atomic mass is 10.1. The quantitative estimate of drug-likeness (QED) is 0.607. The lowest BCUT2D eigenvalue weighted by Gasteiger charge is -2.04. The molecule has 1 amide bonds. The van der Waals surface area contributed by atoms with Crippen molar-refractivity contribution in [2.75, 3.05) is 5.32 Å². The minimum absolute atomic E-state index is 0.0624. The Kier molecular flexibility index (Phi) is 2.89. The fourth-order valence-corrected chi connectivity index (χ4v) is 2.59. The second kappa shape index (κ2) is 5.04. The molecule has 0 radical (unpaired) electrons. The SMILES string of the molecule is O=C(Cc1c[nH]c2ccccc12)Nc1ccc2ocnc2c1. The Morgan fingerprint density at radius 3 is 3.09 bits per heavy atom. The number of rotatable bonds is 3. The zero-order valence-electron chi connectivity index (χ0n) is 11.7. The molecular weight excluding hydrogens is 278 g/mol. The standard InChI is InChI=1S/C17H13N3O2/c21-17(7-11-9-18-14-4-2-1-3-13(11)14)20-12-5-6-16-15(8-12)19-10-22-16/h1-6,8-10,18H,7H2,(H,20,21). The lowest BCUT2D eigenvalue weighted by molar-refractivity contribution is -0.115. The van der Waals surface area contributed by atoms with E-state index in [1.807, 2.05) is 30.5 Å². The summed E-state index contributed by atoms with van der Waals surface area (Å²) in [5.74, 6) is -0.0624. The minimum Gasteiger partial charge on any atom is -0.443 e. The molecule has 0 aliphatic heterocycles.